The maximum absolute atomic E-state index is 12.9. The second-order valence-electron chi connectivity index (χ2n) is 4.49. The first-order valence-electron chi connectivity index (χ1n) is 5.92. The number of carbonyl (C=O) groups excluding carboxylic acids is 1. The number of aromatic nitrogens is 1. The Morgan fingerprint density at radius 1 is 1.22 bits per heavy atom. The van der Waals surface area contributed by atoms with E-state index in [0.29, 0.717) is 6.54 Å². The fourth-order valence-electron chi connectivity index (χ4n) is 2.45. The fourth-order valence-corrected chi connectivity index (χ4v) is 2.45. The molecule has 1 amide bonds. The van der Waals surface area contributed by atoms with Crippen molar-refractivity contribution >= 4 is 5.91 Å². The Labute approximate surface area is 104 Å². The fraction of sp³-hybridized carbons (Fsp3) is 0.214. The maximum atomic E-state index is 12.9. The zero-order valence-electron chi connectivity index (χ0n) is 10.0. The highest BCUT2D eigenvalue weighted by Crippen LogP contribution is 2.29. The molecule has 0 spiro atoms. The number of halogens is 1. The van der Waals surface area contributed by atoms with Crippen LogP contribution < -0.4 is 5.32 Å². The van der Waals surface area contributed by atoms with Crippen molar-refractivity contribution in [2.75, 3.05) is 6.54 Å². The first kappa shape index (κ1) is 11.0. The predicted octanol–water partition coefficient (Wildman–Crippen LogP) is 2.42. The number of fused-ring (bicyclic) bond motifs is 1. The van der Waals surface area contributed by atoms with Crippen molar-refractivity contribution in [3.05, 3.63) is 46.9 Å². The van der Waals surface area contributed by atoms with Crippen molar-refractivity contribution in [2.45, 2.75) is 13.3 Å². The minimum Gasteiger partial charge on any atom is -0.357 e. The third kappa shape index (κ3) is 1.61. The second-order valence-corrected chi connectivity index (χ2v) is 4.49. The standard InChI is InChI=1S/C14H13FN2O/c1-8-12-11(6-7-16-14(12)18)17-13(8)9-2-4-10(15)5-3-9/h2-5,17H,6-7H2,1H3,(H,16,18). The van der Waals surface area contributed by atoms with Crippen LogP contribution in [0.5, 0.6) is 0 Å². The van der Waals surface area contributed by atoms with Crippen LogP contribution in [0.25, 0.3) is 11.3 Å². The zero-order valence-corrected chi connectivity index (χ0v) is 10.0. The number of benzene rings is 1. The largest absolute Gasteiger partial charge is 0.357 e. The van der Waals surface area contributed by atoms with Gasteiger partial charge in [-0.15, -0.1) is 0 Å². The summed E-state index contributed by atoms with van der Waals surface area (Å²) >= 11 is 0. The normalized spacial score (nSPS) is 14.2. The molecule has 92 valence electrons. The Morgan fingerprint density at radius 3 is 2.61 bits per heavy atom. The average molecular weight is 244 g/mol. The molecule has 2 N–H and O–H groups in total. The van der Waals surface area contributed by atoms with Gasteiger partial charge in [0.15, 0.2) is 0 Å². The SMILES string of the molecule is Cc1c(-c2ccc(F)cc2)[nH]c2c1C(=O)NCC2. The Kier molecular flexibility index (Phi) is 2.44. The molecule has 0 radical (unpaired) electrons. The molecule has 0 fully saturated rings. The first-order valence-corrected chi connectivity index (χ1v) is 5.92. The number of carbonyl (C=O) groups is 1. The Balaban J connectivity index is 2.14. The summed E-state index contributed by atoms with van der Waals surface area (Å²) in [5.74, 6) is -0.288. The van der Waals surface area contributed by atoms with Gasteiger partial charge in [0.05, 0.1) is 5.56 Å². The van der Waals surface area contributed by atoms with E-state index in [1.54, 1.807) is 12.1 Å². The number of hydrogen-bond donors (Lipinski definition) is 2. The number of H-pyrrole nitrogens is 1. The van der Waals surface area contributed by atoms with E-state index in [2.05, 4.69) is 10.3 Å². The van der Waals surface area contributed by atoms with Gasteiger partial charge in [0, 0.05) is 24.4 Å². The summed E-state index contributed by atoms with van der Waals surface area (Å²) in [6.45, 7) is 2.58. The molecule has 0 bridgehead atoms. The zero-order chi connectivity index (χ0) is 12.7. The lowest BCUT2D eigenvalue weighted by molar-refractivity contribution is 0.0945. The van der Waals surface area contributed by atoms with Gasteiger partial charge >= 0.3 is 0 Å². The third-order valence-electron chi connectivity index (χ3n) is 3.35. The quantitative estimate of drug-likeness (QED) is 0.795. The molecule has 0 unspecified atom stereocenters. The molecule has 1 aliphatic rings. The molecule has 2 aromatic rings. The van der Waals surface area contributed by atoms with Gasteiger partial charge in [-0.05, 0) is 42.3 Å². The van der Waals surface area contributed by atoms with E-state index in [0.717, 1.165) is 34.5 Å². The molecule has 1 aromatic carbocycles. The summed E-state index contributed by atoms with van der Waals surface area (Å²) in [4.78, 5) is 15.1. The van der Waals surface area contributed by atoms with Crippen LogP contribution in [-0.2, 0) is 6.42 Å². The third-order valence-corrected chi connectivity index (χ3v) is 3.35. The van der Waals surface area contributed by atoms with Gasteiger partial charge in [-0.1, -0.05) is 0 Å². The van der Waals surface area contributed by atoms with Crippen molar-refractivity contribution in [1.29, 1.82) is 0 Å². The summed E-state index contributed by atoms with van der Waals surface area (Å²) in [6, 6.07) is 6.29. The molecular formula is C14H13FN2O. The van der Waals surface area contributed by atoms with E-state index in [-0.39, 0.29) is 11.7 Å². The van der Waals surface area contributed by atoms with E-state index in [1.165, 1.54) is 12.1 Å². The van der Waals surface area contributed by atoms with Gasteiger partial charge in [0.25, 0.3) is 5.91 Å². The van der Waals surface area contributed by atoms with Crippen LogP contribution in [0.15, 0.2) is 24.3 Å². The summed E-state index contributed by atoms with van der Waals surface area (Å²) in [5, 5.41) is 2.83. The van der Waals surface area contributed by atoms with Gasteiger partial charge in [0.2, 0.25) is 0 Å². The Morgan fingerprint density at radius 2 is 1.94 bits per heavy atom. The highest BCUT2D eigenvalue weighted by molar-refractivity contribution is 5.99. The van der Waals surface area contributed by atoms with E-state index in [1.807, 2.05) is 6.92 Å². The molecule has 3 rings (SSSR count). The monoisotopic (exact) mass is 244 g/mol. The first-order chi connectivity index (χ1) is 8.66. The molecule has 0 saturated heterocycles. The molecule has 0 atom stereocenters. The Bertz CT molecular complexity index is 613. The summed E-state index contributed by atoms with van der Waals surface area (Å²) in [5.41, 5.74) is 4.43. The number of aromatic amines is 1. The Hall–Kier alpha value is -2.10. The average Bonchev–Trinajstić information content (AvgIpc) is 2.69. The topological polar surface area (TPSA) is 44.9 Å². The van der Waals surface area contributed by atoms with Gasteiger partial charge in [-0.2, -0.15) is 0 Å². The van der Waals surface area contributed by atoms with Crippen molar-refractivity contribution in [3.8, 4) is 11.3 Å². The van der Waals surface area contributed by atoms with Crippen LogP contribution in [0.1, 0.15) is 21.6 Å². The molecule has 2 heterocycles. The van der Waals surface area contributed by atoms with E-state index < -0.39 is 0 Å². The minimum absolute atomic E-state index is 0.0293. The van der Waals surface area contributed by atoms with Crippen molar-refractivity contribution in [1.82, 2.24) is 10.3 Å². The lowest BCUT2D eigenvalue weighted by Crippen LogP contribution is -2.31. The number of rotatable bonds is 1. The van der Waals surface area contributed by atoms with E-state index in [9.17, 15) is 9.18 Å². The molecule has 0 saturated carbocycles. The van der Waals surface area contributed by atoms with Gasteiger partial charge < -0.3 is 10.3 Å². The summed E-state index contributed by atoms with van der Waals surface area (Å²) in [7, 11) is 0. The van der Waals surface area contributed by atoms with Crippen LogP contribution in [0.4, 0.5) is 4.39 Å². The highest BCUT2D eigenvalue weighted by atomic mass is 19.1. The number of nitrogens with one attached hydrogen (secondary N) is 2. The lowest BCUT2D eigenvalue weighted by Gasteiger charge is -2.12. The molecule has 3 nitrogen and oxygen atoms in total. The maximum Gasteiger partial charge on any atom is 0.253 e. The van der Waals surface area contributed by atoms with Crippen LogP contribution in [0.3, 0.4) is 0 Å². The number of hydrogen-bond acceptors (Lipinski definition) is 1. The summed E-state index contributed by atoms with van der Waals surface area (Å²) < 4.78 is 12.9. The second kappa shape index (κ2) is 3.98. The van der Waals surface area contributed by atoms with Crippen LogP contribution in [-0.4, -0.2) is 17.4 Å². The molecule has 1 aromatic heterocycles. The molecule has 18 heavy (non-hydrogen) atoms. The predicted molar refractivity (Wildman–Crippen MR) is 67.0 cm³/mol. The lowest BCUT2D eigenvalue weighted by atomic mass is 10.0. The highest BCUT2D eigenvalue weighted by Gasteiger charge is 2.23. The van der Waals surface area contributed by atoms with Crippen molar-refractivity contribution in [2.24, 2.45) is 0 Å². The van der Waals surface area contributed by atoms with Crippen molar-refractivity contribution < 1.29 is 9.18 Å². The minimum atomic E-state index is -0.259. The smallest absolute Gasteiger partial charge is 0.253 e. The van der Waals surface area contributed by atoms with E-state index >= 15 is 0 Å². The van der Waals surface area contributed by atoms with Crippen molar-refractivity contribution in [3.63, 3.8) is 0 Å². The van der Waals surface area contributed by atoms with Crippen LogP contribution >= 0.6 is 0 Å². The van der Waals surface area contributed by atoms with Gasteiger partial charge in [-0.25, -0.2) is 4.39 Å². The summed E-state index contributed by atoms with van der Waals surface area (Å²) in [6.07, 6.45) is 0.809. The molecule has 1 aliphatic heterocycles. The molecular weight excluding hydrogens is 231 g/mol. The number of amides is 1. The molecule has 4 heteroatoms. The van der Waals surface area contributed by atoms with Gasteiger partial charge in [0.1, 0.15) is 5.82 Å². The van der Waals surface area contributed by atoms with Gasteiger partial charge in [-0.3, -0.25) is 4.79 Å². The van der Waals surface area contributed by atoms with E-state index in [4.69, 9.17) is 0 Å². The molecule has 0 aliphatic carbocycles. The van der Waals surface area contributed by atoms with Crippen LogP contribution in [0.2, 0.25) is 0 Å². The van der Waals surface area contributed by atoms with Crippen LogP contribution in [0, 0.1) is 12.7 Å².